The molecule has 2 heterocycles. The Hall–Kier alpha value is -1.99. The SMILES string of the molecule is Cc1nc2cc(NS(=O)(=O)CCc3ccccn3)ccc2s1. The average molecular weight is 333 g/mol. The van der Waals surface area contributed by atoms with Crippen LogP contribution < -0.4 is 4.72 Å². The van der Waals surface area contributed by atoms with E-state index in [1.54, 1.807) is 35.7 Å². The second-order valence-corrected chi connectivity index (χ2v) is 7.98. The highest BCUT2D eigenvalue weighted by Gasteiger charge is 2.12. The minimum atomic E-state index is -3.41. The molecular formula is C15H15N3O2S2. The third-order valence-corrected chi connectivity index (χ3v) is 5.36. The Kier molecular flexibility index (Phi) is 4.08. The molecular weight excluding hydrogens is 318 g/mol. The minimum absolute atomic E-state index is 0.00184. The molecule has 0 aliphatic heterocycles. The molecule has 22 heavy (non-hydrogen) atoms. The van der Waals surface area contributed by atoms with Gasteiger partial charge in [-0.1, -0.05) is 6.07 Å². The van der Waals surface area contributed by atoms with Crippen LogP contribution in [0.25, 0.3) is 10.2 Å². The second-order valence-electron chi connectivity index (χ2n) is 4.91. The van der Waals surface area contributed by atoms with E-state index in [-0.39, 0.29) is 5.75 Å². The number of fused-ring (bicyclic) bond motifs is 1. The first-order valence-corrected chi connectivity index (χ1v) is 9.26. The summed E-state index contributed by atoms with van der Waals surface area (Å²) in [5.74, 6) is -0.00184. The van der Waals surface area contributed by atoms with Gasteiger partial charge in [0.15, 0.2) is 0 Å². The number of aryl methyl sites for hydroxylation is 2. The molecule has 2 aromatic heterocycles. The zero-order valence-electron chi connectivity index (χ0n) is 12.0. The number of pyridine rings is 1. The van der Waals surface area contributed by atoms with Crippen molar-refractivity contribution in [2.24, 2.45) is 0 Å². The molecule has 0 fully saturated rings. The molecule has 0 unspecified atom stereocenters. The molecule has 0 spiro atoms. The molecule has 0 saturated heterocycles. The van der Waals surface area contributed by atoms with Crippen LogP contribution in [0.3, 0.4) is 0 Å². The van der Waals surface area contributed by atoms with Crippen molar-refractivity contribution in [3.05, 3.63) is 53.3 Å². The van der Waals surface area contributed by atoms with Crippen LogP contribution in [-0.2, 0) is 16.4 Å². The third-order valence-electron chi connectivity index (χ3n) is 3.12. The summed E-state index contributed by atoms with van der Waals surface area (Å²) >= 11 is 1.59. The van der Waals surface area contributed by atoms with Gasteiger partial charge in [0.25, 0.3) is 0 Å². The van der Waals surface area contributed by atoms with Crippen LogP contribution in [0.15, 0.2) is 42.6 Å². The summed E-state index contributed by atoms with van der Waals surface area (Å²) in [6, 6.07) is 10.9. The predicted octanol–water partition coefficient (Wildman–Crippen LogP) is 2.98. The molecule has 0 aliphatic rings. The Morgan fingerprint density at radius 3 is 2.86 bits per heavy atom. The van der Waals surface area contributed by atoms with Crippen molar-refractivity contribution in [1.29, 1.82) is 0 Å². The maximum Gasteiger partial charge on any atom is 0.233 e. The van der Waals surface area contributed by atoms with E-state index >= 15 is 0 Å². The molecule has 0 radical (unpaired) electrons. The summed E-state index contributed by atoms with van der Waals surface area (Å²) in [7, 11) is -3.41. The minimum Gasteiger partial charge on any atom is -0.283 e. The summed E-state index contributed by atoms with van der Waals surface area (Å²) in [5.41, 5.74) is 2.12. The van der Waals surface area contributed by atoms with E-state index in [1.165, 1.54) is 0 Å². The van der Waals surface area contributed by atoms with Gasteiger partial charge in [-0.05, 0) is 37.3 Å². The van der Waals surface area contributed by atoms with Crippen LogP contribution >= 0.6 is 11.3 Å². The van der Waals surface area contributed by atoms with E-state index in [0.29, 0.717) is 12.1 Å². The lowest BCUT2D eigenvalue weighted by Gasteiger charge is -2.07. The van der Waals surface area contributed by atoms with Crippen molar-refractivity contribution in [3.8, 4) is 0 Å². The average Bonchev–Trinajstić information content (AvgIpc) is 2.85. The molecule has 0 saturated carbocycles. The number of hydrogen-bond acceptors (Lipinski definition) is 5. The first-order valence-electron chi connectivity index (χ1n) is 6.79. The van der Waals surface area contributed by atoms with Crippen LogP contribution in [0.1, 0.15) is 10.7 Å². The number of hydrogen-bond donors (Lipinski definition) is 1. The van der Waals surface area contributed by atoms with Crippen molar-refractivity contribution in [1.82, 2.24) is 9.97 Å². The van der Waals surface area contributed by atoms with Crippen LogP contribution in [0, 0.1) is 6.92 Å². The molecule has 1 aromatic carbocycles. The molecule has 7 heteroatoms. The van der Waals surface area contributed by atoms with Gasteiger partial charge in [0.1, 0.15) is 0 Å². The van der Waals surface area contributed by atoms with Crippen LogP contribution in [-0.4, -0.2) is 24.1 Å². The number of sulfonamides is 1. The van der Waals surface area contributed by atoms with Crippen molar-refractivity contribution in [2.45, 2.75) is 13.3 Å². The summed E-state index contributed by atoms with van der Waals surface area (Å²) in [4.78, 5) is 8.50. The van der Waals surface area contributed by atoms with Gasteiger partial charge in [0, 0.05) is 18.3 Å². The number of rotatable bonds is 5. The van der Waals surface area contributed by atoms with Crippen molar-refractivity contribution in [3.63, 3.8) is 0 Å². The summed E-state index contributed by atoms with van der Waals surface area (Å²) in [5, 5.41) is 0.963. The highest BCUT2D eigenvalue weighted by atomic mass is 32.2. The number of thiazole rings is 1. The lowest BCUT2D eigenvalue weighted by molar-refractivity contribution is 0.600. The normalized spacial score (nSPS) is 11.7. The van der Waals surface area contributed by atoms with Gasteiger partial charge in [-0.15, -0.1) is 11.3 Å². The summed E-state index contributed by atoms with van der Waals surface area (Å²) in [6.07, 6.45) is 2.04. The Labute approximate surface area is 133 Å². The maximum absolute atomic E-state index is 12.2. The van der Waals surface area contributed by atoms with E-state index in [0.717, 1.165) is 20.9 Å². The smallest absolute Gasteiger partial charge is 0.233 e. The lowest BCUT2D eigenvalue weighted by atomic mass is 10.3. The Morgan fingerprint density at radius 1 is 1.23 bits per heavy atom. The number of nitrogens with zero attached hydrogens (tertiary/aromatic N) is 2. The van der Waals surface area contributed by atoms with Gasteiger partial charge in [0.2, 0.25) is 10.0 Å². The standard InChI is InChI=1S/C15H15N3O2S2/c1-11-17-14-10-13(5-6-15(14)21-11)18-22(19,20)9-7-12-4-2-3-8-16-12/h2-6,8,10,18H,7,9H2,1H3. The largest absolute Gasteiger partial charge is 0.283 e. The van der Waals surface area contributed by atoms with Crippen LogP contribution in [0.2, 0.25) is 0 Å². The van der Waals surface area contributed by atoms with E-state index in [4.69, 9.17) is 0 Å². The maximum atomic E-state index is 12.2. The van der Waals surface area contributed by atoms with Crippen LogP contribution in [0.4, 0.5) is 5.69 Å². The summed E-state index contributed by atoms with van der Waals surface area (Å²) < 4.78 is 28.0. The molecule has 0 aliphatic carbocycles. The van der Waals surface area contributed by atoms with Gasteiger partial charge < -0.3 is 0 Å². The molecule has 0 amide bonds. The third kappa shape index (κ3) is 3.61. The van der Waals surface area contributed by atoms with E-state index in [2.05, 4.69) is 14.7 Å². The van der Waals surface area contributed by atoms with Gasteiger partial charge >= 0.3 is 0 Å². The molecule has 0 bridgehead atoms. The molecule has 3 rings (SSSR count). The zero-order valence-corrected chi connectivity index (χ0v) is 13.6. The summed E-state index contributed by atoms with van der Waals surface area (Å²) in [6.45, 7) is 1.93. The van der Waals surface area contributed by atoms with Gasteiger partial charge in [0.05, 0.1) is 26.7 Å². The Bertz CT molecular complexity index is 890. The predicted molar refractivity (Wildman–Crippen MR) is 89.7 cm³/mol. The number of anilines is 1. The van der Waals surface area contributed by atoms with E-state index in [9.17, 15) is 8.42 Å². The molecule has 1 N–H and O–H groups in total. The molecule has 3 aromatic rings. The number of aromatic nitrogens is 2. The van der Waals surface area contributed by atoms with E-state index < -0.39 is 10.0 Å². The monoisotopic (exact) mass is 333 g/mol. The Balaban J connectivity index is 1.72. The highest BCUT2D eigenvalue weighted by Crippen LogP contribution is 2.24. The quantitative estimate of drug-likeness (QED) is 0.779. The second kappa shape index (κ2) is 6.02. The molecule has 114 valence electrons. The Morgan fingerprint density at radius 2 is 2.09 bits per heavy atom. The van der Waals surface area contributed by atoms with Gasteiger partial charge in [-0.2, -0.15) is 0 Å². The first kappa shape index (κ1) is 14.9. The zero-order chi connectivity index (χ0) is 15.6. The fraction of sp³-hybridized carbons (Fsp3) is 0.200. The fourth-order valence-electron chi connectivity index (χ4n) is 2.12. The van der Waals surface area contributed by atoms with Gasteiger partial charge in [-0.25, -0.2) is 13.4 Å². The topological polar surface area (TPSA) is 72.0 Å². The van der Waals surface area contributed by atoms with E-state index in [1.807, 2.05) is 25.1 Å². The lowest BCUT2D eigenvalue weighted by Crippen LogP contribution is -2.18. The fourth-order valence-corrected chi connectivity index (χ4v) is 4.00. The first-order chi connectivity index (χ1) is 10.5. The van der Waals surface area contributed by atoms with Crippen molar-refractivity contribution in [2.75, 3.05) is 10.5 Å². The van der Waals surface area contributed by atoms with Crippen molar-refractivity contribution < 1.29 is 8.42 Å². The number of nitrogens with one attached hydrogen (secondary N) is 1. The van der Waals surface area contributed by atoms with Gasteiger partial charge in [-0.3, -0.25) is 9.71 Å². The molecule has 0 atom stereocenters. The highest BCUT2D eigenvalue weighted by molar-refractivity contribution is 7.92. The molecule has 5 nitrogen and oxygen atoms in total. The van der Waals surface area contributed by atoms with Crippen molar-refractivity contribution >= 4 is 37.3 Å². The van der Waals surface area contributed by atoms with Crippen LogP contribution in [0.5, 0.6) is 0 Å². The number of benzene rings is 1.